The van der Waals surface area contributed by atoms with Crippen LogP contribution in [0.4, 0.5) is 0 Å². The molecule has 0 saturated carbocycles. The minimum absolute atomic E-state index is 0.743. The van der Waals surface area contributed by atoms with Crippen LogP contribution in [-0.2, 0) is 6.42 Å². The monoisotopic (exact) mass is 200 g/mol. The van der Waals surface area contributed by atoms with Gasteiger partial charge in [0.1, 0.15) is 0 Å². The second kappa shape index (κ2) is 4.95. The molecule has 0 aromatic heterocycles. The topological polar surface area (TPSA) is 35.8 Å². The summed E-state index contributed by atoms with van der Waals surface area (Å²) >= 11 is 0. The van der Waals surface area contributed by atoms with E-state index in [1.807, 2.05) is 18.2 Å². The maximum atomic E-state index is 8.81. The Kier molecular flexibility index (Phi) is 3.37. The third-order valence-electron chi connectivity index (χ3n) is 2.98. The highest BCUT2D eigenvalue weighted by molar-refractivity contribution is 5.32. The lowest BCUT2D eigenvalue weighted by molar-refractivity contribution is 0.376. The Morgan fingerprint density at radius 1 is 1.47 bits per heavy atom. The highest BCUT2D eigenvalue weighted by Crippen LogP contribution is 2.16. The zero-order valence-electron chi connectivity index (χ0n) is 8.87. The molecular weight excluding hydrogens is 184 g/mol. The van der Waals surface area contributed by atoms with Crippen molar-refractivity contribution in [1.29, 1.82) is 5.26 Å². The lowest BCUT2D eigenvalue weighted by Gasteiger charge is -2.22. The number of nitrogens with one attached hydrogen (secondary N) is 1. The fraction of sp³-hybridized carbons (Fsp3) is 0.462. The smallest absolute Gasteiger partial charge is 0.0991 e. The first-order chi connectivity index (χ1) is 7.38. The van der Waals surface area contributed by atoms with E-state index in [0.717, 1.165) is 31.0 Å². The standard InChI is InChI=1S/C13H16N2/c14-9-12-4-1-3-11(7-12)8-13-5-2-6-15-10-13/h1,3-4,7,13,15H,2,5-6,8,10H2/t13-/m1/s1. The zero-order chi connectivity index (χ0) is 10.5. The summed E-state index contributed by atoms with van der Waals surface area (Å²) in [6, 6.07) is 10.2. The third-order valence-corrected chi connectivity index (χ3v) is 2.98. The van der Waals surface area contributed by atoms with Crippen molar-refractivity contribution in [2.45, 2.75) is 19.3 Å². The van der Waals surface area contributed by atoms with Crippen LogP contribution in [0.2, 0.25) is 0 Å². The molecule has 0 spiro atoms. The van der Waals surface area contributed by atoms with Gasteiger partial charge in [0.25, 0.3) is 0 Å². The van der Waals surface area contributed by atoms with E-state index in [0.29, 0.717) is 0 Å². The first kappa shape index (κ1) is 10.2. The van der Waals surface area contributed by atoms with Gasteiger partial charge in [-0.25, -0.2) is 0 Å². The molecule has 1 aliphatic heterocycles. The molecule has 0 bridgehead atoms. The van der Waals surface area contributed by atoms with Crippen LogP contribution in [0, 0.1) is 17.2 Å². The van der Waals surface area contributed by atoms with Gasteiger partial charge in [-0.3, -0.25) is 0 Å². The molecule has 78 valence electrons. The van der Waals surface area contributed by atoms with Crippen molar-refractivity contribution in [3.8, 4) is 6.07 Å². The van der Waals surface area contributed by atoms with Crippen LogP contribution in [0.5, 0.6) is 0 Å². The Bertz CT molecular complexity index is 359. The molecule has 15 heavy (non-hydrogen) atoms. The Morgan fingerprint density at radius 2 is 2.40 bits per heavy atom. The van der Waals surface area contributed by atoms with Gasteiger partial charge in [-0.2, -0.15) is 5.26 Å². The van der Waals surface area contributed by atoms with Gasteiger partial charge in [0.2, 0.25) is 0 Å². The van der Waals surface area contributed by atoms with Crippen LogP contribution >= 0.6 is 0 Å². The molecule has 1 saturated heterocycles. The molecule has 1 aliphatic rings. The number of nitriles is 1. The fourth-order valence-corrected chi connectivity index (χ4v) is 2.20. The normalized spacial score (nSPS) is 20.9. The Morgan fingerprint density at radius 3 is 3.13 bits per heavy atom. The van der Waals surface area contributed by atoms with Crippen molar-refractivity contribution >= 4 is 0 Å². The predicted molar refractivity (Wildman–Crippen MR) is 60.5 cm³/mol. The number of piperidine rings is 1. The van der Waals surface area contributed by atoms with E-state index >= 15 is 0 Å². The number of hydrogen-bond donors (Lipinski definition) is 1. The molecule has 2 heteroatoms. The van der Waals surface area contributed by atoms with E-state index in [1.165, 1.54) is 18.4 Å². The minimum atomic E-state index is 0.743. The maximum absolute atomic E-state index is 8.81. The maximum Gasteiger partial charge on any atom is 0.0991 e. The van der Waals surface area contributed by atoms with Crippen LogP contribution < -0.4 is 5.32 Å². The highest BCUT2D eigenvalue weighted by Gasteiger charge is 2.13. The van der Waals surface area contributed by atoms with Gasteiger partial charge in [0.05, 0.1) is 11.6 Å². The highest BCUT2D eigenvalue weighted by atomic mass is 14.9. The Hall–Kier alpha value is -1.33. The summed E-state index contributed by atoms with van der Waals surface area (Å²) < 4.78 is 0. The van der Waals surface area contributed by atoms with Crippen molar-refractivity contribution in [2.75, 3.05) is 13.1 Å². The molecule has 1 atom stereocenters. The van der Waals surface area contributed by atoms with Crippen LogP contribution in [0.15, 0.2) is 24.3 Å². The van der Waals surface area contributed by atoms with Crippen LogP contribution in [0.3, 0.4) is 0 Å². The van der Waals surface area contributed by atoms with Gasteiger partial charge in [0, 0.05) is 0 Å². The SMILES string of the molecule is N#Cc1cccc(C[C@H]2CCCNC2)c1. The first-order valence-electron chi connectivity index (χ1n) is 5.58. The summed E-state index contributed by atoms with van der Waals surface area (Å²) in [6.07, 6.45) is 3.69. The van der Waals surface area contributed by atoms with E-state index in [1.54, 1.807) is 0 Å². The molecule has 1 aromatic carbocycles. The Balaban J connectivity index is 2.00. The van der Waals surface area contributed by atoms with Gasteiger partial charge in [-0.15, -0.1) is 0 Å². The van der Waals surface area contributed by atoms with Crippen molar-refractivity contribution < 1.29 is 0 Å². The number of benzene rings is 1. The van der Waals surface area contributed by atoms with Crippen molar-refractivity contribution in [2.24, 2.45) is 5.92 Å². The molecule has 1 aromatic rings. The average Bonchev–Trinajstić information content (AvgIpc) is 2.31. The van der Waals surface area contributed by atoms with Gasteiger partial charge >= 0.3 is 0 Å². The largest absolute Gasteiger partial charge is 0.316 e. The third kappa shape index (κ3) is 2.81. The van der Waals surface area contributed by atoms with Gasteiger partial charge < -0.3 is 5.32 Å². The molecule has 0 radical (unpaired) electrons. The minimum Gasteiger partial charge on any atom is -0.316 e. The van der Waals surface area contributed by atoms with Crippen molar-refractivity contribution in [3.63, 3.8) is 0 Å². The van der Waals surface area contributed by atoms with E-state index in [2.05, 4.69) is 17.5 Å². The number of nitrogens with zero attached hydrogens (tertiary/aromatic N) is 1. The van der Waals surface area contributed by atoms with E-state index < -0.39 is 0 Å². The summed E-state index contributed by atoms with van der Waals surface area (Å²) in [7, 11) is 0. The van der Waals surface area contributed by atoms with Crippen LogP contribution in [0.1, 0.15) is 24.0 Å². The van der Waals surface area contributed by atoms with Gasteiger partial charge in [-0.1, -0.05) is 12.1 Å². The van der Waals surface area contributed by atoms with E-state index in [-0.39, 0.29) is 0 Å². The first-order valence-corrected chi connectivity index (χ1v) is 5.58. The van der Waals surface area contributed by atoms with Gasteiger partial charge in [0.15, 0.2) is 0 Å². The summed E-state index contributed by atoms with van der Waals surface area (Å²) in [5.74, 6) is 0.743. The van der Waals surface area contributed by atoms with Crippen molar-refractivity contribution in [3.05, 3.63) is 35.4 Å². The summed E-state index contributed by atoms with van der Waals surface area (Å²) in [5.41, 5.74) is 2.07. The molecule has 1 N–H and O–H groups in total. The lowest BCUT2D eigenvalue weighted by Crippen LogP contribution is -2.30. The Labute approximate surface area is 90.9 Å². The molecule has 2 nitrogen and oxygen atoms in total. The summed E-state index contributed by atoms with van der Waals surface area (Å²) in [4.78, 5) is 0. The van der Waals surface area contributed by atoms with Gasteiger partial charge in [-0.05, 0) is 56.0 Å². The lowest BCUT2D eigenvalue weighted by atomic mass is 9.92. The molecule has 1 fully saturated rings. The van der Waals surface area contributed by atoms with Crippen LogP contribution in [-0.4, -0.2) is 13.1 Å². The summed E-state index contributed by atoms with van der Waals surface area (Å²) in [5, 5.41) is 12.2. The molecule has 1 heterocycles. The molecule has 0 amide bonds. The fourth-order valence-electron chi connectivity index (χ4n) is 2.20. The number of hydrogen-bond acceptors (Lipinski definition) is 2. The van der Waals surface area contributed by atoms with E-state index in [4.69, 9.17) is 5.26 Å². The second-order valence-electron chi connectivity index (χ2n) is 4.23. The second-order valence-corrected chi connectivity index (χ2v) is 4.23. The van der Waals surface area contributed by atoms with Crippen molar-refractivity contribution in [1.82, 2.24) is 5.32 Å². The molecule has 2 rings (SSSR count). The molecule has 0 aliphatic carbocycles. The predicted octanol–water partition coefficient (Wildman–Crippen LogP) is 2.10. The average molecular weight is 200 g/mol. The van der Waals surface area contributed by atoms with E-state index in [9.17, 15) is 0 Å². The van der Waals surface area contributed by atoms with Crippen LogP contribution in [0.25, 0.3) is 0 Å². The summed E-state index contributed by atoms with van der Waals surface area (Å²) in [6.45, 7) is 2.28. The zero-order valence-corrected chi connectivity index (χ0v) is 8.87. The molecular formula is C13H16N2. The quantitative estimate of drug-likeness (QED) is 0.793. The number of rotatable bonds is 2. The molecule has 0 unspecified atom stereocenters.